The monoisotopic (exact) mass is 259 g/mol. The highest BCUT2D eigenvalue weighted by atomic mass is 16.3. The number of aliphatic hydroxyl groups is 1. The van der Waals surface area contributed by atoms with Gasteiger partial charge in [0.15, 0.2) is 0 Å². The van der Waals surface area contributed by atoms with Gasteiger partial charge in [0.1, 0.15) is 5.75 Å². The molecule has 0 amide bonds. The zero-order valence-electron chi connectivity index (χ0n) is 11.1. The van der Waals surface area contributed by atoms with Crippen molar-refractivity contribution in [2.45, 2.75) is 49.7 Å². The number of nitrogens with one attached hydrogen (secondary N) is 1. The van der Waals surface area contributed by atoms with Crippen molar-refractivity contribution in [1.82, 2.24) is 5.32 Å². The van der Waals surface area contributed by atoms with Crippen LogP contribution in [0.2, 0.25) is 0 Å². The van der Waals surface area contributed by atoms with Crippen LogP contribution in [0, 0.1) is 5.92 Å². The highest BCUT2D eigenvalue weighted by molar-refractivity contribution is 5.49. The number of hydrogen-bond donors (Lipinski definition) is 3. The molecule has 4 atom stereocenters. The first-order valence-electron chi connectivity index (χ1n) is 7.43. The number of rotatable bonds is 0. The van der Waals surface area contributed by atoms with Crippen molar-refractivity contribution in [3.63, 3.8) is 0 Å². The summed E-state index contributed by atoms with van der Waals surface area (Å²) >= 11 is 0. The highest BCUT2D eigenvalue weighted by Crippen LogP contribution is 2.55. The predicted octanol–water partition coefficient (Wildman–Crippen LogP) is 1.71. The molecule has 0 spiro atoms. The molecule has 0 radical (unpaired) electrons. The molecule has 2 aliphatic carbocycles. The Kier molecular flexibility index (Phi) is 2.45. The summed E-state index contributed by atoms with van der Waals surface area (Å²) in [7, 11) is 0. The molecule has 1 unspecified atom stereocenters. The van der Waals surface area contributed by atoms with Crippen molar-refractivity contribution < 1.29 is 10.2 Å². The molecule has 2 fully saturated rings. The molecule has 1 saturated carbocycles. The third-order valence-corrected chi connectivity index (χ3v) is 5.69. The maximum atomic E-state index is 10.4. The number of piperidine rings is 1. The SMILES string of the molecule is Oc1cccc2c1[C@]13CCN[C@H](C2)[C@@H]1CC(O)CC3. The van der Waals surface area contributed by atoms with E-state index < -0.39 is 0 Å². The predicted molar refractivity (Wildman–Crippen MR) is 73.2 cm³/mol. The van der Waals surface area contributed by atoms with Gasteiger partial charge in [-0.05, 0) is 56.2 Å². The van der Waals surface area contributed by atoms with Crippen LogP contribution in [0.3, 0.4) is 0 Å². The third-order valence-electron chi connectivity index (χ3n) is 5.69. The maximum Gasteiger partial charge on any atom is 0.119 e. The van der Waals surface area contributed by atoms with Gasteiger partial charge < -0.3 is 15.5 Å². The summed E-state index contributed by atoms with van der Waals surface area (Å²) in [6.45, 7) is 1.03. The molecular weight excluding hydrogens is 238 g/mol. The number of benzene rings is 1. The number of aromatic hydroxyl groups is 1. The van der Waals surface area contributed by atoms with Gasteiger partial charge in [0.05, 0.1) is 6.10 Å². The van der Waals surface area contributed by atoms with Gasteiger partial charge in [0.25, 0.3) is 0 Å². The normalized spacial score (nSPS) is 40.4. The second-order valence-electron chi connectivity index (χ2n) is 6.52. The minimum atomic E-state index is -0.159. The zero-order chi connectivity index (χ0) is 13.0. The molecule has 3 heteroatoms. The maximum absolute atomic E-state index is 10.4. The Bertz CT molecular complexity index is 515. The summed E-state index contributed by atoms with van der Waals surface area (Å²) in [6, 6.07) is 6.42. The zero-order valence-corrected chi connectivity index (χ0v) is 11.1. The summed E-state index contributed by atoms with van der Waals surface area (Å²) in [4.78, 5) is 0. The molecule has 1 aliphatic heterocycles. The van der Waals surface area contributed by atoms with Gasteiger partial charge in [-0.25, -0.2) is 0 Å². The van der Waals surface area contributed by atoms with E-state index in [4.69, 9.17) is 0 Å². The summed E-state index contributed by atoms with van der Waals surface area (Å²) in [5.74, 6) is 0.949. The van der Waals surface area contributed by atoms with Crippen LogP contribution < -0.4 is 5.32 Å². The molecule has 3 N–H and O–H groups in total. The summed E-state index contributed by atoms with van der Waals surface area (Å²) in [5, 5.41) is 24.0. The fraction of sp³-hybridized carbons (Fsp3) is 0.625. The summed E-state index contributed by atoms with van der Waals surface area (Å²) < 4.78 is 0. The van der Waals surface area contributed by atoms with Gasteiger partial charge in [0.2, 0.25) is 0 Å². The molecule has 1 heterocycles. The smallest absolute Gasteiger partial charge is 0.119 e. The van der Waals surface area contributed by atoms with Crippen LogP contribution in [0.15, 0.2) is 18.2 Å². The molecule has 3 nitrogen and oxygen atoms in total. The second-order valence-corrected chi connectivity index (χ2v) is 6.52. The highest BCUT2D eigenvalue weighted by Gasteiger charge is 2.53. The molecule has 0 aromatic heterocycles. The number of hydrogen-bond acceptors (Lipinski definition) is 3. The Morgan fingerprint density at radius 1 is 1.26 bits per heavy atom. The minimum absolute atomic E-state index is 0.105. The van der Waals surface area contributed by atoms with Crippen molar-refractivity contribution >= 4 is 0 Å². The first-order valence-corrected chi connectivity index (χ1v) is 7.43. The average Bonchev–Trinajstić information content (AvgIpc) is 2.38. The minimum Gasteiger partial charge on any atom is -0.508 e. The van der Waals surface area contributed by atoms with Crippen molar-refractivity contribution in [3.05, 3.63) is 29.3 Å². The lowest BCUT2D eigenvalue weighted by Gasteiger charge is -2.56. The van der Waals surface area contributed by atoms with Gasteiger partial charge >= 0.3 is 0 Å². The lowest BCUT2D eigenvalue weighted by atomic mass is 9.52. The lowest BCUT2D eigenvalue weighted by Crippen LogP contribution is -2.60. The Morgan fingerprint density at radius 3 is 3.05 bits per heavy atom. The standard InChI is InChI=1S/C16H21NO2/c18-11-4-5-16-6-7-17-13(12(16)9-11)8-10-2-1-3-14(19)15(10)16/h1-3,11-13,17-19H,4-9H2/t11?,12-,13+,16+/m0/s1. The number of phenols is 1. The number of aliphatic hydroxyl groups excluding tert-OH is 1. The topological polar surface area (TPSA) is 52.5 Å². The van der Waals surface area contributed by atoms with E-state index in [9.17, 15) is 10.2 Å². The Hall–Kier alpha value is -1.06. The Morgan fingerprint density at radius 2 is 2.16 bits per heavy atom. The summed E-state index contributed by atoms with van der Waals surface area (Å²) in [5.41, 5.74) is 2.61. The van der Waals surface area contributed by atoms with Gasteiger partial charge in [-0.2, -0.15) is 0 Å². The molecular formula is C16H21NO2. The van der Waals surface area contributed by atoms with Gasteiger partial charge in [-0.15, -0.1) is 0 Å². The van der Waals surface area contributed by atoms with Crippen LogP contribution in [0.1, 0.15) is 36.8 Å². The van der Waals surface area contributed by atoms with E-state index in [1.165, 1.54) is 11.1 Å². The molecule has 2 bridgehead atoms. The first kappa shape index (κ1) is 11.7. The van der Waals surface area contributed by atoms with Gasteiger partial charge in [-0.1, -0.05) is 12.1 Å². The third kappa shape index (κ3) is 1.52. The van der Waals surface area contributed by atoms with E-state index in [1.807, 2.05) is 12.1 Å². The van der Waals surface area contributed by atoms with E-state index in [0.29, 0.717) is 17.7 Å². The quantitative estimate of drug-likeness (QED) is 0.665. The second kappa shape index (κ2) is 3.97. The van der Waals surface area contributed by atoms with Crippen molar-refractivity contribution in [2.75, 3.05) is 6.54 Å². The van der Waals surface area contributed by atoms with E-state index in [1.54, 1.807) is 0 Å². The van der Waals surface area contributed by atoms with Crippen LogP contribution in [0.4, 0.5) is 0 Å². The van der Waals surface area contributed by atoms with Crippen molar-refractivity contribution in [2.24, 2.45) is 5.92 Å². The number of phenolic OH excluding ortho intramolecular Hbond substituents is 1. The Balaban J connectivity index is 1.91. The van der Waals surface area contributed by atoms with Crippen LogP contribution in [0.5, 0.6) is 5.75 Å². The van der Waals surface area contributed by atoms with Crippen LogP contribution in [0.25, 0.3) is 0 Å². The van der Waals surface area contributed by atoms with Crippen LogP contribution >= 0.6 is 0 Å². The van der Waals surface area contributed by atoms with Crippen LogP contribution in [-0.2, 0) is 11.8 Å². The van der Waals surface area contributed by atoms with E-state index in [0.717, 1.165) is 38.6 Å². The average molecular weight is 259 g/mol. The van der Waals surface area contributed by atoms with E-state index in [2.05, 4.69) is 11.4 Å². The summed E-state index contributed by atoms with van der Waals surface area (Å²) in [6.07, 6.45) is 4.69. The fourth-order valence-corrected chi connectivity index (χ4v) is 4.95. The molecule has 3 aliphatic rings. The van der Waals surface area contributed by atoms with E-state index >= 15 is 0 Å². The largest absolute Gasteiger partial charge is 0.508 e. The molecule has 4 rings (SSSR count). The first-order chi connectivity index (χ1) is 9.21. The van der Waals surface area contributed by atoms with Crippen molar-refractivity contribution in [1.29, 1.82) is 0 Å². The molecule has 102 valence electrons. The fourth-order valence-electron chi connectivity index (χ4n) is 4.95. The van der Waals surface area contributed by atoms with E-state index in [-0.39, 0.29) is 11.5 Å². The van der Waals surface area contributed by atoms with Gasteiger partial charge in [0, 0.05) is 17.0 Å². The molecule has 1 aromatic carbocycles. The molecule has 19 heavy (non-hydrogen) atoms. The van der Waals surface area contributed by atoms with Crippen LogP contribution in [-0.4, -0.2) is 28.9 Å². The molecule has 1 saturated heterocycles. The molecule has 1 aromatic rings. The number of fused-ring (bicyclic) bond motifs is 1. The Labute approximate surface area is 113 Å². The van der Waals surface area contributed by atoms with Crippen molar-refractivity contribution in [3.8, 4) is 5.75 Å². The lowest BCUT2D eigenvalue weighted by molar-refractivity contribution is 0.00366. The van der Waals surface area contributed by atoms with Gasteiger partial charge in [-0.3, -0.25) is 0 Å².